The Morgan fingerprint density at radius 1 is 0.821 bits per heavy atom. The number of carbonyl (C=O) groups is 2. The molecule has 1 N–H and O–H groups in total. The lowest BCUT2D eigenvalue weighted by Crippen LogP contribution is -2.20. The van der Waals surface area contributed by atoms with E-state index in [2.05, 4.69) is 5.32 Å². The van der Waals surface area contributed by atoms with Crippen molar-refractivity contribution in [2.45, 2.75) is 12.8 Å². The van der Waals surface area contributed by atoms with Crippen molar-refractivity contribution in [3.63, 3.8) is 0 Å². The van der Waals surface area contributed by atoms with Crippen LogP contribution >= 0.6 is 0 Å². The summed E-state index contributed by atoms with van der Waals surface area (Å²) < 4.78 is 40.1. The number of halogens is 3. The van der Waals surface area contributed by atoms with Crippen molar-refractivity contribution in [1.29, 1.82) is 0 Å². The Balaban J connectivity index is 1.81. The first-order chi connectivity index (χ1) is 13.4. The van der Waals surface area contributed by atoms with Gasteiger partial charge in [0, 0.05) is 11.1 Å². The van der Waals surface area contributed by atoms with Gasteiger partial charge in [0.2, 0.25) is 5.91 Å². The molecule has 3 nitrogen and oxygen atoms in total. The second-order valence-electron chi connectivity index (χ2n) is 6.25. The van der Waals surface area contributed by atoms with Gasteiger partial charge in [0.15, 0.2) is 23.2 Å². The van der Waals surface area contributed by atoms with Crippen LogP contribution in [0.25, 0.3) is 0 Å². The van der Waals surface area contributed by atoms with Crippen LogP contribution in [0, 0.1) is 17.5 Å². The van der Waals surface area contributed by atoms with Crippen molar-refractivity contribution in [3.8, 4) is 0 Å². The Morgan fingerprint density at radius 2 is 1.50 bits per heavy atom. The first kappa shape index (κ1) is 19.4. The molecule has 28 heavy (non-hydrogen) atoms. The molecule has 1 amide bonds. The highest BCUT2D eigenvalue weighted by molar-refractivity contribution is 6.09. The molecule has 3 aromatic rings. The highest BCUT2D eigenvalue weighted by atomic mass is 19.2. The number of hydrogen-bond acceptors (Lipinski definition) is 2. The van der Waals surface area contributed by atoms with Crippen LogP contribution < -0.4 is 5.32 Å². The van der Waals surface area contributed by atoms with E-state index in [4.69, 9.17) is 0 Å². The molecule has 0 aliphatic carbocycles. The molecule has 0 aliphatic rings. The van der Waals surface area contributed by atoms with Gasteiger partial charge >= 0.3 is 0 Å². The Kier molecular flexibility index (Phi) is 5.59. The Labute approximate surface area is 159 Å². The van der Waals surface area contributed by atoms with Crippen LogP contribution in [-0.4, -0.2) is 11.7 Å². The summed E-state index contributed by atoms with van der Waals surface area (Å²) in [6.07, 6.45) is 0. The molecule has 0 spiro atoms. The van der Waals surface area contributed by atoms with E-state index < -0.39 is 35.0 Å². The van der Waals surface area contributed by atoms with Crippen molar-refractivity contribution in [2.75, 3.05) is 5.32 Å². The normalized spacial score (nSPS) is 11.7. The third-order valence-electron chi connectivity index (χ3n) is 4.37. The third-order valence-corrected chi connectivity index (χ3v) is 4.37. The average molecular weight is 383 g/mol. The zero-order valence-corrected chi connectivity index (χ0v) is 14.9. The molecule has 0 aliphatic heterocycles. The van der Waals surface area contributed by atoms with Gasteiger partial charge in [0.1, 0.15) is 0 Å². The summed E-state index contributed by atoms with van der Waals surface area (Å²) in [5.41, 5.74) is 0.998. The molecule has 0 aromatic heterocycles. The molecule has 0 fully saturated rings. The molecule has 0 heterocycles. The van der Waals surface area contributed by atoms with Crippen LogP contribution in [0.4, 0.5) is 18.9 Å². The standard InChI is InChI=1S/C22H16F3NO2/c1-13(22(28)26-18-11-10-17(23)19(24)20(18)25)15-8-5-9-16(12-15)21(27)14-6-3-2-4-7-14/h2-13H,1H3,(H,26,28)/t13-/m0/s1. The van der Waals surface area contributed by atoms with Crippen LogP contribution in [0.15, 0.2) is 66.7 Å². The van der Waals surface area contributed by atoms with E-state index in [9.17, 15) is 22.8 Å². The summed E-state index contributed by atoms with van der Waals surface area (Å²) in [5.74, 6) is -6.02. The maximum absolute atomic E-state index is 13.8. The highest BCUT2D eigenvalue weighted by Gasteiger charge is 2.20. The first-order valence-electron chi connectivity index (χ1n) is 8.52. The predicted octanol–water partition coefficient (Wildman–Crippen LogP) is 5.08. The molecular weight excluding hydrogens is 367 g/mol. The minimum absolute atomic E-state index is 0.193. The number of carbonyl (C=O) groups excluding carboxylic acids is 2. The van der Waals surface area contributed by atoms with Crippen molar-refractivity contribution in [3.05, 3.63) is 101 Å². The molecule has 3 rings (SSSR count). The summed E-state index contributed by atoms with van der Waals surface area (Å²) in [4.78, 5) is 25.0. The third kappa shape index (κ3) is 3.96. The number of ketones is 1. The van der Waals surface area contributed by atoms with Crippen LogP contribution in [0.5, 0.6) is 0 Å². The van der Waals surface area contributed by atoms with Crippen molar-refractivity contribution < 1.29 is 22.8 Å². The van der Waals surface area contributed by atoms with E-state index in [1.165, 1.54) is 0 Å². The van der Waals surface area contributed by atoms with Crippen LogP contribution in [0.1, 0.15) is 34.3 Å². The van der Waals surface area contributed by atoms with Crippen molar-refractivity contribution in [2.24, 2.45) is 0 Å². The fraction of sp³-hybridized carbons (Fsp3) is 0.0909. The zero-order valence-electron chi connectivity index (χ0n) is 14.9. The number of amides is 1. The molecular formula is C22H16F3NO2. The van der Waals surface area contributed by atoms with E-state index in [1.54, 1.807) is 61.5 Å². The minimum atomic E-state index is -1.65. The lowest BCUT2D eigenvalue weighted by Gasteiger charge is -2.14. The number of hydrogen-bond donors (Lipinski definition) is 1. The summed E-state index contributed by atoms with van der Waals surface area (Å²) in [5, 5.41) is 2.25. The summed E-state index contributed by atoms with van der Waals surface area (Å²) in [6, 6.07) is 16.9. The van der Waals surface area contributed by atoms with Gasteiger partial charge in [-0.05, 0) is 30.7 Å². The second-order valence-corrected chi connectivity index (χ2v) is 6.25. The molecule has 0 saturated heterocycles. The fourth-order valence-electron chi connectivity index (χ4n) is 2.72. The fourth-order valence-corrected chi connectivity index (χ4v) is 2.72. The molecule has 6 heteroatoms. The van der Waals surface area contributed by atoms with Crippen LogP contribution in [0.2, 0.25) is 0 Å². The number of nitrogens with one attached hydrogen (secondary N) is 1. The zero-order chi connectivity index (χ0) is 20.3. The van der Waals surface area contributed by atoms with E-state index in [0.29, 0.717) is 16.7 Å². The summed E-state index contributed by atoms with van der Waals surface area (Å²) >= 11 is 0. The monoisotopic (exact) mass is 383 g/mol. The average Bonchev–Trinajstić information content (AvgIpc) is 2.73. The molecule has 3 aromatic carbocycles. The quantitative estimate of drug-likeness (QED) is 0.494. The number of rotatable bonds is 5. The predicted molar refractivity (Wildman–Crippen MR) is 99.7 cm³/mol. The topological polar surface area (TPSA) is 46.2 Å². The van der Waals surface area contributed by atoms with E-state index in [1.807, 2.05) is 0 Å². The molecule has 142 valence electrons. The van der Waals surface area contributed by atoms with Gasteiger partial charge < -0.3 is 5.32 Å². The van der Waals surface area contributed by atoms with Gasteiger partial charge in [-0.25, -0.2) is 13.2 Å². The number of benzene rings is 3. The maximum atomic E-state index is 13.8. The van der Waals surface area contributed by atoms with E-state index in [0.717, 1.165) is 12.1 Å². The number of anilines is 1. The van der Waals surface area contributed by atoms with Gasteiger partial charge in [0.25, 0.3) is 0 Å². The van der Waals surface area contributed by atoms with Crippen molar-refractivity contribution >= 4 is 17.4 Å². The minimum Gasteiger partial charge on any atom is -0.323 e. The first-order valence-corrected chi connectivity index (χ1v) is 8.52. The van der Waals surface area contributed by atoms with Gasteiger partial charge in [-0.15, -0.1) is 0 Å². The van der Waals surface area contributed by atoms with E-state index >= 15 is 0 Å². The Hall–Kier alpha value is -3.41. The summed E-state index contributed by atoms with van der Waals surface area (Å²) in [6.45, 7) is 1.57. The largest absolute Gasteiger partial charge is 0.323 e. The Bertz CT molecular complexity index is 1040. The highest BCUT2D eigenvalue weighted by Crippen LogP contribution is 2.23. The van der Waals surface area contributed by atoms with Crippen LogP contribution in [-0.2, 0) is 4.79 Å². The lowest BCUT2D eigenvalue weighted by molar-refractivity contribution is -0.117. The molecule has 0 unspecified atom stereocenters. The molecule has 0 saturated carbocycles. The lowest BCUT2D eigenvalue weighted by atomic mass is 9.95. The smallest absolute Gasteiger partial charge is 0.231 e. The molecule has 1 atom stereocenters. The van der Waals surface area contributed by atoms with Crippen molar-refractivity contribution in [1.82, 2.24) is 0 Å². The molecule has 0 radical (unpaired) electrons. The van der Waals surface area contributed by atoms with Gasteiger partial charge in [-0.2, -0.15) is 0 Å². The van der Waals surface area contributed by atoms with Gasteiger partial charge in [-0.3, -0.25) is 9.59 Å². The SMILES string of the molecule is C[C@H](C(=O)Nc1ccc(F)c(F)c1F)c1cccc(C(=O)c2ccccc2)c1. The Morgan fingerprint density at radius 3 is 2.21 bits per heavy atom. The maximum Gasteiger partial charge on any atom is 0.231 e. The van der Waals surface area contributed by atoms with E-state index in [-0.39, 0.29) is 5.78 Å². The van der Waals surface area contributed by atoms with Gasteiger partial charge in [-0.1, -0.05) is 48.5 Å². The molecule has 0 bridgehead atoms. The summed E-state index contributed by atoms with van der Waals surface area (Å²) in [7, 11) is 0. The van der Waals surface area contributed by atoms with Crippen LogP contribution in [0.3, 0.4) is 0 Å². The van der Waals surface area contributed by atoms with Gasteiger partial charge in [0.05, 0.1) is 11.6 Å². The second kappa shape index (κ2) is 8.08.